The van der Waals surface area contributed by atoms with Gasteiger partial charge >= 0.3 is 0 Å². The smallest absolute Gasteiger partial charge is 0.243 e. The standard InChI is InChI=1S/C15H23FN2O3S/c1-3-17-11-12-6-8-18(9-7-12)22(19,20)13-4-5-15(21-2)14(16)10-13/h4-5,10,12,17H,3,6-9,11H2,1-2H3. The summed E-state index contributed by atoms with van der Waals surface area (Å²) in [6, 6.07) is 3.76. The molecule has 1 aliphatic heterocycles. The average molecular weight is 330 g/mol. The molecule has 1 aromatic carbocycles. The SMILES string of the molecule is CCNCC1CCN(S(=O)(=O)c2ccc(OC)c(F)c2)CC1. The summed E-state index contributed by atoms with van der Waals surface area (Å²) >= 11 is 0. The molecule has 0 unspecified atom stereocenters. The highest BCUT2D eigenvalue weighted by atomic mass is 32.2. The fourth-order valence-electron chi connectivity index (χ4n) is 2.66. The Bertz CT molecular complexity index is 599. The minimum atomic E-state index is -3.64. The first-order valence-electron chi connectivity index (χ1n) is 7.53. The molecule has 7 heteroatoms. The Morgan fingerprint density at radius 3 is 2.59 bits per heavy atom. The van der Waals surface area contributed by atoms with Crippen molar-refractivity contribution >= 4 is 10.0 Å². The largest absolute Gasteiger partial charge is 0.494 e. The summed E-state index contributed by atoms with van der Waals surface area (Å²) in [5.74, 6) is -0.118. The summed E-state index contributed by atoms with van der Waals surface area (Å²) in [7, 11) is -2.29. The lowest BCUT2D eigenvalue weighted by Gasteiger charge is -2.31. The van der Waals surface area contributed by atoms with Crippen LogP contribution in [0.2, 0.25) is 0 Å². The number of halogens is 1. The summed E-state index contributed by atoms with van der Waals surface area (Å²) in [6.45, 7) is 4.85. The first kappa shape index (κ1) is 17.2. The van der Waals surface area contributed by atoms with E-state index in [1.807, 2.05) is 0 Å². The van der Waals surface area contributed by atoms with Crippen LogP contribution < -0.4 is 10.1 Å². The molecule has 1 aliphatic rings. The number of nitrogens with one attached hydrogen (secondary N) is 1. The number of benzene rings is 1. The zero-order chi connectivity index (χ0) is 16.2. The van der Waals surface area contributed by atoms with Crippen molar-refractivity contribution in [3.05, 3.63) is 24.0 Å². The molecule has 0 amide bonds. The molecule has 1 aromatic rings. The molecule has 1 heterocycles. The van der Waals surface area contributed by atoms with E-state index in [-0.39, 0.29) is 10.6 Å². The molecular weight excluding hydrogens is 307 g/mol. The van der Waals surface area contributed by atoms with Crippen LogP contribution in [0.1, 0.15) is 19.8 Å². The Morgan fingerprint density at radius 1 is 1.36 bits per heavy atom. The van der Waals surface area contributed by atoms with Crippen LogP contribution >= 0.6 is 0 Å². The van der Waals surface area contributed by atoms with Crippen LogP contribution in [0.15, 0.2) is 23.1 Å². The fourth-order valence-corrected chi connectivity index (χ4v) is 4.14. The number of ether oxygens (including phenoxy) is 1. The number of methoxy groups -OCH3 is 1. The summed E-state index contributed by atoms with van der Waals surface area (Å²) in [6.07, 6.45) is 1.65. The van der Waals surface area contributed by atoms with Crippen LogP contribution in [0.25, 0.3) is 0 Å². The highest BCUT2D eigenvalue weighted by molar-refractivity contribution is 7.89. The van der Waals surface area contributed by atoms with E-state index in [9.17, 15) is 12.8 Å². The van der Waals surface area contributed by atoms with E-state index >= 15 is 0 Å². The van der Waals surface area contributed by atoms with E-state index < -0.39 is 15.8 Å². The van der Waals surface area contributed by atoms with Crippen molar-refractivity contribution in [3.8, 4) is 5.75 Å². The molecular formula is C15H23FN2O3S. The molecule has 0 atom stereocenters. The van der Waals surface area contributed by atoms with Crippen molar-refractivity contribution < 1.29 is 17.5 Å². The van der Waals surface area contributed by atoms with Gasteiger partial charge in [-0.25, -0.2) is 12.8 Å². The van der Waals surface area contributed by atoms with Gasteiger partial charge in [-0.3, -0.25) is 0 Å². The summed E-state index contributed by atoms with van der Waals surface area (Å²) < 4.78 is 45.1. The van der Waals surface area contributed by atoms with Gasteiger partial charge in [-0.05, 0) is 50.0 Å². The molecule has 0 bridgehead atoms. The average Bonchev–Trinajstić information content (AvgIpc) is 2.53. The predicted octanol–water partition coefficient (Wildman–Crippen LogP) is 1.84. The number of nitrogens with zero attached hydrogens (tertiary/aromatic N) is 1. The third-order valence-electron chi connectivity index (χ3n) is 4.02. The molecule has 0 aromatic heterocycles. The minimum Gasteiger partial charge on any atom is -0.494 e. The van der Waals surface area contributed by atoms with Crippen molar-refractivity contribution in [2.75, 3.05) is 33.3 Å². The highest BCUT2D eigenvalue weighted by Crippen LogP contribution is 2.26. The Kier molecular flexibility index (Phi) is 5.77. The van der Waals surface area contributed by atoms with Gasteiger partial charge in [0.15, 0.2) is 11.6 Å². The number of hydrogen-bond donors (Lipinski definition) is 1. The van der Waals surface area contributed by atoms with Crippen molar-refractivity contribution in [2.24, 2.45) is 5.92 Å². The van der Waals surface area contributed by atoms with Gasteiger partial charge in [-0.1, -0.05) is 6.92 Å². The first-order valence-corrected chi connectivity index (χ1v) is 8.97. The van der Waals surface area contributed by atoms with E-state index in [1.165, 1.54) is 23.5 Å². The monoisotopic (exact) mass is 330 g/mol. The van der Waals surface area contributed by atoms with Crippen molar-refractivity contribution in [1.82, 2.24) is 9.62 Å². The maximum absolute atomic E-state index is 13.7. The van der Waals surface area contributed by atoms with Crippen LogP contribution in [-0.2, 0) is 10.0 Å². The Balaban J connectivity index is 2.07. The van der Waals surface area contributed by atoms with Gasteiger partial charge in [0.2, 0.25) is 10.0 Å². The lowest BCUT2D eigenvalue weighted by Crippen LogP contribution is -2.40. The van der Waals surface area contributed by atoms with Crippen LogP contribution in [0.3, 0.4) is 0 Å². The van der Waals surface area contributed by atoms with Gasteiger partial charge in [-0.2, -0.15) is 4.31 Å². The Labute approximate surface area is 131 Å². The molecule has 22 heavy (non-hydrogen) atoms. The van der Waals surface area contributed by atoms with Gasteiger partial charge in [0.25, 0.3) is 0 Å². The minimum absolute atomic E-state index is 0.0177. The van der Waals surface area contributed by atoms with E-state index in [0.717, 1.165) is 32.0 Å². The van der Waals surface area contributed by atoms with Gasteiger partial charge < -0.3 is 10.1 Å². The van der Waals surface area contributed by atoms with Crippen LogP contribution in [-0.4, -0.2) is 46.0 Å². The lowest BCUT2D eigenvalue weighted by molar-refractivity contribution is 0.268. The second-order valence-electron chi connectivity index (χ2n) is 5.45. The zero-order valence-electron chi connectivity index (χ0n) is 13.0. The van der Waals surface area contributed by atoms with Crippen molar-refractivity contribution in [1.29, 1.82) is 0 Å². The second kappa shape index (κ2) is 7.39. The van der Waals surface area contributed by atoms with Crippen molar-refractivity contribution in [2.45, 2.75) is 24.7 Å². The summed E-state index contributed by atoms with van der Waals surface area (Å²) in [4.78, 5) is -0.0177. The molecule has 0 saturated carbocycles. The number of sulfonamides is 1. The molecule has 1 fully saturated rings. The lowest BCUT2D eigenvalue weighted by atomic mass is 9.98. The number of hydrogen-bond acceptors (Lipinski definition) is 4. The highest BCUT2D eigenvalue weighted by Gasteiger charge is 2.29. The van der Waals surface area contributed by atoms with Gasteiger partial charge in [0.1, 0.15) is 0 Å². The van der Waals surface area contributed by atoms with Gasteiger partial charge in [-0.15, -0.1) is 0 Å². The predicted molar refractivity (Wildman–Crippen MR) is 83.0 cm³/mol. The second-order valence-corrected chi connectivity index (χ2v) is 7.39. The Morgan fingerprint density at radius 2 is 2.05 bits per heavy atom. The topological polar surface area (TPSA) is 58.6 Å². The number of rotatable bonds is 6. The third kappa shape index (κ3) is 3.77. The van der Waals surface area contributed by atoms with Gasteiger partial charge in [0, 0.05) is 13.1 Å². The summed E-state index contributed by atoms with van der Waals surface area (Å²) in [5.41, 5.74) is 0. The molecule has 1 saturated heterocycles. The quantitative estimate of drug-likeness (QED) is 0.865. The van der Waals surface area contributed by atoms with E-state index in [0.29, 0.717) is 19.0 Å². The molecule has 124 valence electrons. The fraction of sp³-hybridized carbons (Fsp3) is 0.600. The molecule has 0 radical (unpaired) electrons. The molecule has 0 spiro atoms. The molecule has 0 aliphatic carbocycles. The zero-order valence-corrected chi connectivity index (χ0v) is 13.8. The first-order chi connectivity index (χ1) is 10.5. The maximum Gasteiger partial charge on any atom is 0.243 e. The van der Waals surface area contributed by atoms with Crippen LogP contribution in [0.4, 0.5) is 4.39 Å². The van der Waals surface area contributed by atoms with E-state index in [2.05, 4.69) is 12.2 Å². The molecule has 5 nitrogen and oxygen atoms in total. The van der Waals surface area contributed by atoms with Gasteiger partial charge in [0.05, 0.1) is 12.0 Å². The number of piperidine rings is 1. The molecule has 2 rings (SSSR count). The third-order valence-corrected chi connectivity index (χ3v) is 5.91. The Hall–Kier alpha value is -1.18. The van der Waals surface area contributed by atoms with E-state index in [1.54, 1.807) is 0 Å². The summed E-state index contributed by atoms with van der Waals surface area (Å²) in [5, 5.41) is 3.29. The van der Waals surface area contributed by atoms with Crippen LogP contribution in [0, 0.1) is 11.7 Å². The molecule has 1 N–H and O–H groups in total. The maximum atomic E-state index is 13.7. The normalized spacial score (nSPS) is 17.6. The van der Waals surface area contributed by atoms with E-state index in [4.69, 9.17) is 4.74 Å². The van der Waals surface area contributed by atoms with Crippen molar-refractivity contribution in [3.63, 3.8) is 0 Å². The van der Waals surface area contributed by atoms with Crippen LogP contribution in [0.5, 0.6) is 5.75 Å².